The van der Waals surface area contributed by atoms with Gasteiger partial charge in [0.2, 0.25) is 5.91 Å². The summed E-state index contributed by atoms with van der Waals surface area (Å²) >= 11 is 0. The largest absolute Gasteiger partial charge is 0.348 e. The van der Waals surface area contributed by atoms with Crippen LogP contribution in [0.5, 0.6) is 0 Å². The van der Waals surface area contributed by atoms with Crippen LogP contribution in [0.1, 0.15) is 36.6 Å². The molecule has 5 heteroatoms. The van der Waals surface area contributed by atoms with Gasteiger partial charge in [0.15, 0.2) is 0 Å². The standard InChI is InChI=1S/C23H28N4O/c1-17-10-8-9-13-22(17)18(2)25-23(28)19(3)26(4)15-20-14-24-27(16-20)21-11-6-5-7-12-21/h5-14,16,18-19H,15H2,1-4H3,(H,25,28). The minimum atomic E-state index is -0.244. The Labute approximate surface area is 167 Å². The molecule has 0 fully saturated rings. The maximum absolute atomic E-state index is 12.7. The van der Waals surface area contributed by atoms with Gasteiger partial charge >= 0.3 is 0 Å². The molecule has 1 aromatic heterocycles. The number of aromatic nitrogens is 2. The SMILES string of the molecule is Cc1ccccc1C(C)NC(=O)C(C)N(C)Cc1cnn(-c2ccccc2)c1. The first-order valence-electron chi connectivity index (χ1n) is 9.61. The zero-order valence-electron chi connectivity index (χ0n) is 17.0. The summed E-state index contributed by atoms with van der Waals surface area (Å²) < 4.78 is 1.86. The molecule has 3 rings (SSSR count). The van der Waals surface area contributed by atoms with E-state index in [0.717, 1.165) is 16.8 Å². The number of benzene rings is 2. The van der Waals surface area contributed by atoms with Crippen molar-refractivity contribution in [1.29, 1.82) is 0 Å². The van der Waals surface area contributed by atoms with Crippen LogP contribution in [0.15, 0.2) is 67.0 Å². The molecule has 5 nitrogen and oxygen atoms in total. The molecule has 28 heavy (non-hydrogen) atoms. The second kappa shape index (κ2) is 8.85. The molecule has 1 N–H and O–H groups in total. The normalized spacial score (nSPS) is 13.3. The number of carbonyl (C=O) groups excluding carboxylic acids is 1. The van der Waals surface area contributed by atoms with Gasteiger partial charge in [-0.3, -0.25) is 9.69 Å². The summed E-state index contributed by atoms with van der Waals surface area (Å²) in [6.07, 6.45) is 3.86. The van der Waals surface area contributed by atoms with Crippen molar-refractivity contribution in [3.63, 3.8) is 0 Å². The number of hydrogen-bond acceptors (Lipinski definition) is 3. The van der Waals surface area contributed by atoms with Crippen LogP contribution < -0.4 is 5.32 Å². The molecular weight excluding hydrogens is 348 g/mol. The first-order chi connectivity index (χ1) is 13.5. The monoisotopic (exact) mass is 376 g/mol. The Balaban J connectivity index is 1.60. The fraction of sp³-hybridized carbons (Fsp3) is 0.304. The molecule has 1 heterocycles. The maximum Gasteiger partial charge on any atom is 0.237 e. The van der Waals surface area contributed by atoms with Gasteiger partial charge in [-0.25, -0.2) is 4.68 Å². The third kappa shape index (κ3) is 4.67. The first-order valence-corrected chi connectivity index (χ1v) is 9.61. The highest BCUT2D eigenvalue weighted by Gasteiger charge is 2.21. The van der Waals surface area contributed by atoms with Crippen molar-refractivity contribution < 1.29 is 4.79 Å². The van der Waals surface area contributed by atoms with Crippen LogP contribution in [0.2, 0.25) is 0 Å². The second-order valence-corrected chi connectivity index (χ2v) is 7.31. The van der Waals surface area contributed by atoms with Gasteiger partial charge in [0.05, 0.1) is 24.0 Å². The molecule has 0 spiro atoms. The summed E-state index contributed by atoms with van der Waals surface area (Å²) in [5, 5.41) is 7.56. The fourth-order valence-corrected chi connectivity index (χ4v) is 3.27. The van der Waals surface area contributed by atoms with Crippen molar-refractivity contribution in [3.05, 3.63) is 83.7 Å². The third-order valence-corrected chi connectivity index (χ3v) is 5.14. The lowest BCUT2D eigenvalue weighted by Crippen LogP contribution is -2.43. The van der Waals surface area contributed by atoms with Crippen LogP contribution >= 0.6 is 0 Å². The van der Waals surface area contributed by atoms with Gasteiger partial charge < -0.3 is 5.32 Å². The minimum absolute atomic E-state index is 0.0219. The predicted molar refractivity (Wildman–Crippen MR) is 112 cm³/mol. The van der Waals surface area contributed by atoms with Crippen molar-refractivity contribution in [1.82, 2.24) is 20.0 Å². The summed E-state index contributed by atoms with van der Waals surface area (Å²) in [4.78, 5) is 14.8. The number of amides is 1. The van der Waals surface area contributed by atoms with Gasteiger partial charge in [0.1, 0.15) is 0 Å². The van der Waals surface area contributed by atoms with E-state index in [4.69, 9.17) is 0 Å². The smallest absolute Gasteiger partial charge is 0.237 e. The number of para-hydroxylation sites is 1. The predicted octanol–water partition coefficient (Wildman–Crippen LogP) is 3.88. The highest BCUT2D eigenvalue weighted by molar-refractivity contribution is 5.81. The van der Waals surface area contributed by atoms with E-state index in [1.807, 2.05) is 85.3 Å². The Hall–Kier alpha value is -2.92. The molecule has 2 aromatic carbocycles. The molecular formula is C23H28N4O. The van der Waals surface area contributed by atoms with Crippen molar-refractivity contribution in [2.45, 2.75) is 39.4 Å². The summed E-state index contributed by atoms with van der Waals surface area (Å²) in [6.45, 7) is 6.68. The van der Waals surface area contributed by atoms with Gasteiger partial charge in [-0.2, -0.15) is 5.10 Å². The van der Waals surface area contributed by atoms with Gasteiger partial charge in [0.25, 0.3) is 0 Å². The highest BCUT2D eigenvalue weighted by atomic mass is 16.2. The number of aryl methyl sites for hydroxylation is 1. The van der Waals surface area contributed by atoms with E-state index in [1.165, 1.54) is 5.56 Å². The first kappa shape index (κ1) is 19.8. The van der Waals surface area contributed by atoms with Gasteiger partial charge in [-0.15, -0.1) is 0 Å². The fourth-order valence-electron chi connectivity index (χ4n) is 3.27. The number of likely N-dealkylation sites (N-methyl/N-ethyl adjacent to an activating group) is 1. The summed E-state index contributed by atoms with van der Waals surface area (Å²) in [7, 11) is 1.96. The van der Waals surface area contributed by atoms with E-state index in [9.17, 15) is 4.79 Å². The summed E-state index contributed by atoms with van der Waals surface area (Å²) in [5.41, 5.74) is 4.42. The number of nitrogens with one attached hydrogen (secondary N) is 1. The Morgan fingerprint density at radius 2 is 1.79 bits per heavy atom. The average Bonchev–Trinajstić information content (AvgIpc) is 3.16. The van der Waals surface area contributed by atoms with Crippen LogP contribution in [0.3, 0.4) is 0 Å². The topological polar surface area (TPSA) is 50.2 Å². The molecule has 1 amide bonds. The van der Waals surface area contributed by atoms with Crippen LogP contribution in [0.25, 0.3) is 5.69 Å². The maximum atomic E-state index is 12.7. The van der Waals surface area contributed by atoms with Crippen LogP contribution in [-0.2, 0) is 11.3 Å². The molecule has 0 aliphatic heterocycles. The van der Waals surface area contributed by atoms with Gasteiger partial charge in [-0.1, -0.05) is 42.5 Å². The van der Waals surface area contributed by atoms with Crippen LogP contribution in [0.4, 0.5) is 0 Å². The Bertz CT molecular complexity index is 919. The molecule has 0 bridgehead atoms. The number of hydrogen-bond donors (Lipinski definition) is 1. The lowest BCUT2D eigenvalue weighted by molar-refractivity contribution is -0.126. The van der Waals surface area contributed by atoms with E-state index in [-0.39, 0.29) is 18.0 Å². The lowest BCUT2D eigenvalue weighted by Gasteiger charge is -2.25. The van der Waals surface area contributed by atoms with Crippen molar-refractivity contribution in [3.8, 4) is 5.69 Å². The van der Waals surface area contributed by atoms with Gasteiger partial charge in [-0.05, 0) is 51.1 Å². The summed E-state index contributed by atoms with van der Waals surface area (Å²) in [6, 6.07) is 17.9. The van der Waals surface area contributed by atoms with Gasteiger partial charge in [0, 0.05) is 18.3 Å². The van der Waals surface area contributed by atoms with Crippen LogP contribution in [-0.4, -0.2) is 33.7 Å². The molecule has 0 aliphatic carbocycles. The highest BCUT2D eigenvalue weighted by Crippen LogP contribution is 2.17. The number of nitrogens with zero attached hydrogens (tertiary/aromatic N) is 3. The van der Waals surface area contributed by atoms with Crippen molar-refractivity contribution >= 4 is 5.91 Å². The zero-order chi connectivity index (χ0) is 20.1. The third-order valence-electron chi connectivity index (χ3n) is 5.14. The lowest BCUT2D eigenvalue weighted by atomic mass is 10.0. The molecule has 2 unspecified atom stereocenters. The molecule has 146 valence electrons. The second-order valence-electron chi connectivity index (χ2n) is 7.31. The number of rotatable bonds is 7. The number of carbonyl (C=O) groups is 1. The molecule has 0 radical (unpaired) electrons. The summed E-state index contributed by atoms with van der Waals surface area (Å²) in [5.74, 6) is 0.0219. The molecule has 0 saturated carbocycles. The zero-order valence-corrected chi connectivity index (χ0v) is 17.0. The molecule has 0 saturated heterocycles. The molecule has 2 atom stereocenters. The van der Waals surface area contributed by atoms with E-state index in [1.54, 1.807) is 0 Å². The van der Waals surface area contributed by atoms with E-state index < -0.39 is 0 Å². The van der Waals surface area contributed by atoms with E-state index in [0.29, 0.717) is 6.54 Å². The van der Waals surface area contributed by atoms with Crippen LogP contribution in [0, 0.1) is 6.92 Å². The Morgan fingerprint density at radius 3 is 2.50 bits per heavy atom. The average molecular weight is 377 g/mol. The van der Waals surface area contributed by atoms with E-state index >= 15 is 0 Å². The van der Waals surface area contributed by atoms with Crippen molar-refractivity contribution in [2.24, 2.45) is 0 Å². The van der Waals surface area contributed by atoms with Crippen molar-refractivity contribution in [2.75, 3.05) is 7.05 Å². The Kier molecular flexibility index (Phi) is 6.26. The van der Waals surface area contributed by atoms with E-state index in [2.05, 4.69) is 29.5 Å². The quantitative estimate of drug-likeness (QED) is 0.681. The molecule has 0 aliphatic rings. The Morgan fingerprint density at radius 1 is 1.11 bits per heavy atom. The minimum Gasteiger partial charge on any atom is -0.348 e. The molecule has 3 aromatic rings.